The minimum Gasteiger partial charge on any atom is -0.493 e. The number of rotatable bonds is 9. The highest BCUT2D eigenvalue weighted by Crippen LogP contribution is 2.30. The van der Waals surface area contributed by atoms with Crippen molar-refractivity contribution in [2.45, 2.75) is 51.6 Å². The number of anilines is 1. The molecule has 0 radical (unpaired) electrons. The predicted octanol–water partition coefficient (Wildman–Crippen LogP) is 4.61. The van der Waals surface area contributed by atoms with Gasteiger partial charge in [-0.3, -0.25) is 0 Å². The van der Waals surface area contributed by atoms with Gasteiger partial charge in [0.25, 0.3) is 0 Å². The lowest BCUT2D eigenvalue weighted by Crippen LogP contribution is -2.24. The minimum absolute atomic E-state index is 0.133. The van der Waals surface area contributed by atoms with Gasteiger partial charge in [0, 0.05) is 37.3 Å². The van der Waals surface area contributed by atoms with Crippen LogP contribution in [0.1, 0.15) is 51.0 Å². The Hall–Kier alpha value is -2.56. The lowest BCUT2D eigenvalue weighted by atomic mass is 9.98. The van der Waals surface area contributed by atoms with Gasteiger partial charge >= 0.3 is 0 Å². The highest BCUT2D eigenvalue weighted by Gasteiger charge is 2.25. The molecule has 0 N–H and O–H groups in total. The van der Waals surface area contributed by atoms with Crippen LogP contribution in [-0.2, 0) is 4.79 Å². The van der Waals surface area contributed by atoms with E-state index in [0.717, 1.165) is 43.3 Å². The summed E-state index contributed by atoms with van der Waals surface area (Å²) in [6, 6.07) is 12.3. The van der Waals surface area contributed by atoms with E-state index in [0.29, 0.717) is 12.3 Å². The molecule has 2 fully saturated rings. The molecular formula is C24H30N2O3. The molecule has 2 unspecified atom stereocenters. The molecule has 2 heterocycles. The second-order valence-electron chi connectivity index (χ2n) is 8.46. The number of hydrogen-bond acceptors (Lipinski definition) is 5. The second kappa shape index (κ2) is 8.85. The Balaban J connectivity index is 1.27. The summed E-state index contributed by atoms with van der Waals surface area (Å²) in [6.45, 7) is 6.35. The van der Waals surface area contributed by atoms with Gasteiger partial charge in [-0.15, -0.1) is 0 Å². The maximum absolute atomic E-state index is 11.3. The van der Waals surface area contributed by atoms with Gasteiger partial charge in [-0.25, -0.2) is 4.98 Å². The molecule has 1 saturated carbocycles. The molecule has 5 nitrogen and oxygen atoms in total. The van der Waals surface area contributed by atoms with Crippen molar-refractivity contribution in [3.63, 3.8) is 0 Å². The standard InChI is InChI=1S/C24H30N2O3/c1-17(13-18(2)27)20-5-10-24(25-14-20)29-23-11-12-26(15-23)21-6-8-22(9-7-21)28-16-19-3-4-19/h5-10,14,17,19,23H,3-4,11-13,15-16H2,1-2H3. The van der Waals surface area contributed by atoms with Crippen molar-refractivity contribution in [1.29, 1.82) is 0 Å². The number of nitrogens with zero attached hydrogens (tertiary/aromatic N) is 2. The molecule has 1 aromatic heterocycles. The van der Waals surface area contributed by atoms with Gasteiger partial charge in [0.05, 0.1) is 13.2 Å². The fourth-order valence-corrected chi connectivity index (χ4v) is 3.78. The molecular weight excluding hydrogens is 364 g/mol. The normalized spacial score (nSPS) is 19.8. The van der Waals surface area contributed by atoms with Crippen molar-refractivity contribution >= 4 is 11.5 Å². The van der Waals surface area contributed by atoms with E-state index >= 15 is 0 Å². The van der Waals surface area contributed by atoms with Crippen molar-refractivity contribution in [3.8, 4) is 11.6 Å². The monoisotopic (exact) mass is 394 g/mol. The van der Waals surface area contributed by atoms with E-state index in [4.69, 9.17) is 9.47 Å². The van der Waals surface area contributed by atoms with Gasteiger partial charge in [0.1, 0.15) is 17.6 Å². The van der Waals surface area contributed by atoms with E-state index in [1.807, 2.05) is 18.3 Å². The largest absolute Gasteiger partial charge is 0.493 e. The molecule has 1 aliphatic heterocycles. The van der Waals surface area contributed by atoms with Gasteiger partial charge in [0.15, 0.2) is 0 Å². The first-order valence-electron chi connectivity index (χ1n) is 10.7. The number of ether oxygens (including phenoxy) is 2. The van der Waals surface area contributed by atoms with E-state index in [9.17, 15) is 4.79 Å². The Morgan fingerprint density at radius 3 is 2.62 bits per heavy atom. The summed E-state index contributed by atoms with van der Waals surface area (Å²) >= 11 is 0. The molecule has 2 aliphatic rings. The average Bonchev–Trinajstić information content (AvgIpc) is 3.44. The lowest BCUT2D eigenvalue weighted by Gasteiger charge is -2.19. The molecule has 0 amide bonds. The molecule has 0 spiro atoms. The van der Waals surface area contributed by atoms with Gasteiger partial charge in [0.2, 0.25) is 5.88 Å². The molecule has 4 rings (SSSR count). The number of benzene rings is 1. The van der Waals surface area contributed by atoms with Crippen LogP contribution in [0.2, 0.25) is 0 Å². The highest BCUT2D eigenvalue weighted by atomic mass is 16.5. The first kappa shape index (κ1) is 19.7. The zero-order valence-corrected chi connectivity index (χ0v) is 17.3. The zero-order valence-electron chi connectivity index (χ0n) is 17.3. The van der Waals surface area contributed by atoms with Crippen LogP contribution in [0, 0.1) is 5.92 Å². The summed E-state index contributed by atoms with van der Waals surface area (Å²) in [4.78, 5) is 18.1. The molecule has 1 aromatic carbocycles. The minimum atomic E-state index is 0.133. The van der Waals surface area contributed by atoms with Crippen LogP contribution in [0.4, 0.5) is 5.69 Å². The van der Waals surface area contributed by atoms with Crippen LogP contribution in [0.15, 0.2) is 42.6 Å². The van der Waals surface area contributed by atoms with Crippen molar-refractivity contribution in [1.82, 2.24) is 4.98 Å². The molecule has 1 aliphatic carbocycles. The van der Waals surface area contributed by atoms with E-state index in [2.05, 4.69) is 41.1 Å². The molecule has 1 saturated heterocycles. The van der Waals surface area contributed by atoms with Crippen LogP contribution in [0.25, 0.3) is 0 Å². The molecule has 5 heteroatoms. The van der Waals surface area contributed by atoms with Crippen LogP contribution in [0.3, 0.4) is 0 Å². The van der Waals surface area contributed by atoms with Crippen LogP contribution >= 0.6 is 0 Å². The first-order valence-corrected chi connectivity index (χ1v) is 10.7. The van der Waals surface area contributed by atoms with Crippen molar-refractivity contribution < 1.29 is 14.3 Å². The topological polar surface area (TPSA) is 51.7 Å². The van der Waals surface area contributed by atoms with Gasteiger partial charge in [-0.05, 0) is 61.4 Å². The third-order valence-corrected chi connectivity index (χ3v) is 5.74. The van der Waals surface area contributed by atoms with Crippen LogP contribution in [-0.4, -0.2) is 36.6 Å². The average molecular weight is 395 g/mol. The fourth-order valence-electron chi connectivity index (χ4n) is 3.78. The van der Waals surface area contributed by atoms with E-state index < -0.39 is 0 Å². The fraction of sp³-hybridized carbons (Fsp3) is 0.500. The van der Waals surface area contributed by atoms with Crippen molar-refractivity contribution in [2.24, 2.45) is 5.92 Å². The van der Waals surface area contributed by atoms with Gasteiger partial charge in [-0.1, -0.05) is 13.0 Å². The number of pyridine rings is 1. The Labute approximate surface area is 173 Å². The van der Waals surface area contributed by atoms with E-state index in [1.165, 1.54) is 18.5 Å². The number of Topliss-reactive ketones (excluding diaryl/α,β-unsaturated/α-hetero) is 1. The molecule has 2 aromatic rings. The lowest BCUT2D eigenvalue weighted by molar-refractivity contribution is -0.117. The number of hydrogen-bond donors (Lipinski definition) is 0. The number of ketones is 1. The van der Waals surface area contributed by atoms with Crippen molar-refractivity contribution in [3.05, 3.63) is 48.2 Å². The van der Waals surface area contributed by atoms with Crippen molar-refractivity contribution in [2.75, 3.05) is 24.6 Å². The summed E-state index contributed by atoms with van der Waals surface area (Å²) in [6.07, 6.45) is 6.10. The quantitative estimate of drug-likeness (QED) is 0.622. The van der Waals surface area contributed by atoms with E-state index in [1.54, 1.807) is 6.92 Å². The molecule has 0 bridgehead atoms. The molecule has 2 atom stereocenters. The molecule has 154 valence electrons. The summed E-state index contributed by atoms with van der Waals surface area (Å²) in [5.41, 5.74) is 2.28. The Morgan fingerprint density at radius 2 is 1.97 bits per heavy atom. The smallest absolute Gasteiger partial charge is 0.213 e. The Morgan fingerprint density at radius 1 is 1.17 bits per heavy atom. The maximum atomic E-state index is 11.3. The Bertz CT molecular complexity index is 815. The number of carbonyl (C=O) groups is 1. The SMILES string of the molecule is CC(=O)CC(C)c1ccc(OC2CCN(c3ccc(OCC4CC4)cc3)C2)nc1. The summed E-state index contributed by atoms with van der Waals surface area (Å²) in [7, 11) is 0. The summed E-state index contributed by atoms with van der Waals surface area (Å²) in [5, 5.41) is 0. The Kier molecular flexibility index (Phi) is 6.02. The predicted molar refractivity (Wildman–Crippen MR) is 114 cm³/mol. The summed E-state index contributed by atoms with van der Waals surface area (Å²) < 4.78 is 11.9. The maximum Gasteiger partial charge on any atom is 0.213 e. The van der Waals surface area contributed by atoms with Crippen LogP contribution < -0.4 is 14.4 Å². The third-order valence-electron chi connectivity index (χ3n) is 5.74. The van der Waals surface area contributed by atoms with Gasteiger partial charge < -0.3 is 19.2 Å². The molecule has 29 heavy (non-hydrogen) atoms. The second-order valence-corrected chi connectivity index (χ2v) is 8.46. The highest BCUT2D eigenvalue weighted by molar-refractivity contribution is 5.76. The van der Waals surface area contributed by atoms with E-state index in [-0.39, 0.29) is 17.8 Å². The first-order chi connectivity index (χ1) is 14.1. The van der Waals surface area contributed by atoms with Gasteiger partial charge in [-0.2, -0.15) is 0 Å². The third kappa shape index (κ3) is 5.49. The number of aromatic nitrogens is 1. The van der Waals surface area contributed by atoms with Crippen LogP contribution in [0.5, 0.6) is 11.6 Å². The number of carbonyl (C=O) groups excluding carboxylic acids is 1. The summed E-state index contributed by atoms with van der Waals surface area (Å²) in [5.74, 6) is 2.76. The zero-order chi connectivity index (χ0) is 20.2.